The molecule has 0 bridgehead atoms. The van der Waals surface area contributed by atoms with Gasteiger partial charge in [0.1, 0.15) is 0 Å². The Labute approximate surface area is 104 Å². The topological polar surface area (TPSA) is 0 Å². The monoisotopic (exact) mass is 224 g/mol. The van der Waals surface area contributed by atoms with Crippen molar-refractivity contribution >= 4 is 0 Å². The Hall–Kier alpha value is -1.56. The fourth-order valence-corrected chi connectivity index (χ4v) is 2.08. The van der Waals surface area contributed by atoms with Crippen LogP contribution in [0.1, 0.15) is 42.0 Å². The van der Waals surface area contributed by atoms with E-state index in [4.69, 9.17) is 0 Å². The first-order chi connectivity index (χ1) is 8.15. The number of aryl methyl sites for hydroxylation is 1. The van der Waals surface area contributed by atoms with E-state index in [0.29, 0.717) is 5.92 Å². The van der Waals surface area contributed by atoms with E-state index >= 15 is 0 Å². The van der Waals surface area contributed by atoms with Crippen molar-refractivity contribution in [3.8, 4) is 0 Å². The quantitative estimate of drug-likeness (QED) is 0.708. The molecule has 0 spiro atoms. The molecule has 0 N–H and O–H groups in total. The first-order valence-corrected chi connectivity index (χ1v) is 6.29. The zero-order chi connectivity index (χ0) is 12.3. The molecule has 0 saturated carbocycles. The van der Waals surface area contributed by atoms with Crippen LogP contribution in [0.2, 0.25) is 0 Å². The number of hydrogen-bond acceptors (Lipinski definition) is 0. The highest BCUT2D eigenvalue weighted by atomic mass is 14.1. The zero-order valence-electron chi connectivity index (χ0n) is 10.9. The third-order valence-electron chi connectivity index (χ3n) is 3.14. The lowest BCUT2D eigenvalue weighted by molar-refractivity contribution is 0.865. The van der Waals surface area contributed by atoms with E-state index in [2.05, 4.69) is 69.3 Å². The molecule has 2 aromatic carbocycles. The zero-order valence-corrected chi connectivity index (χ0v) is 10.9. The molecule has 0 aliphatic heterocycles. The molecule has 0 aliphatic carbocycles. The maximum Gasteiger partial charge on any atom is -0.00257 e. The molecule has 0 saturated heterocycles. The Morgan fingerprint density at radius 2 is 1.59 bits per heavy atom. The molecule has 0 aliphatic rings. The second kappa shape index (κ2) is 5.18. The maximum absolute atomic E-state index is 2.26. The summed E-state index contributed by atoms with van der Waals surface area (Å²) in [5.74, 6) is 0.614. The lowest BCUT2D eigenvalue weighted by Crippen LogP contribution is -1.91. The summed E-state index contributed by atoms with van der Waals surface area (Å²) < 4.78 is 0. The van der Waals surface area contributed by atoms with Crippen molar-refractivity contribution in [2.45, 2.75) is 33.1 Å². The maximum atomic E-state index is 2.26. The van der Waals surface area contributed by atoms with Gasteiger partial charge in [0.25, 0.3) is 0 Å². The molecule has 2 rings (SSSR count). The van der Waals surface area contributed by atoms with E-state index in [1.165, 1.54) is 22.3 Å². The van der Waals surface area contributed by atoms with Gasteiger partial charge in [-0.25, -0.2) is 0 Å². The van der Waals surface area contributed by atoms with Gasteiger partial charge in [-0.3, -0.25) is 0 Å². The van der Waals surface area contributed by atoms with Crippen LogP contribution < -0.4 is 0 Å². The molecule has 0 heteroatoms. The standard InChI is InChI=1S/C17H20/c1-13(2)17-9-7-15(8-10-17)12-16-6-4-5-14(3)11-16/h4-11,13H,12H2,1-3H3. The van der Waals surface area contributed by atoms with E-state index in [9.17, 15) is 0 Å². The summed E-state index contributed by atoms with van der Waals surface area (Å²) >= 11 is 0. The average molecular weight is 224 g/mol. The molecule has 0 amide bonds. The molecule has 0 fully saturated rings. The van der Waals surface area contributed by atoms with Gasteiger partial charge in [-0.1, -0.05) is 67.9 Å². The van der Waals surface area contributed by atoms with Crippen LogP contribution in [0.25, 0.3) is 0 Å². The molecule has 0 heterocycles. The van der Waals surface area contributed by atoms with Crippen LogP contribution in [0.15, 0.2) is 48.5 Å². The molecular formula is C17H20. The van der Waals surface area contributed by atoms with E-state index in [1.54, 1.807) is 0 Å². The van der Waals surface area contributed by atoms with Crippen LogP contribution >= 0.6 is 0 Å². The van der Waals surface area contributed by atoms with E-state index in [0.717, 1.165) is 6.42 Å². The number of hydrogen-bond donors (Lipinski definition) is 0. The predicted molar refractivity (Wildman–Crippen MR) is 74.5 cm³/mol. The smallest absolute Gasteiger partial charge is 0.00257 e. The summed E-state index contributed by atoms with van der Waals surface area (Å²) in [7, 11) is 0. The van der Waals surface area contributed by atoms with Crippen LogP contribution in [0.3, 0.4) is 0 Å². The third kappa shape index (κ3) is 3.20. The van der Waals surface area contributed by atoms with Gasteiger partial charge >= 0.3 is 0 Å². The summed E-state index contributed by atoms with van der Waals surface area (Å²) in [6, 6.07) is 17.7. The summed E-state index contributed by atoms with van der Waals surface area (Å²) in [6.45, 7) is 6.61. The highest BCUT2D eigenvalue weighted by Crippen LogP contribution is 2.17. The second-order valence-electron chi connectivity index (χ2n) is 5.06. The van der Waals surface area contributed by atoms with Crippen LogP contribution in [0.4, 0.5) is 0 Å². The largest absolute Gasteiger partial charge is 0.0617 e. The lowest BCUT2D eigenvalue weighted by atomic mass is 9.98. The van der Waals surface area contributed by atoms with Gasteiger partial charge < -0.3 is 0 Å². The highest BCUT2D eigenvalue weighted by Gasteiger charge is 2.00. The van der Waals surface area contributed by atoms with Gasteiger partial charge in [0.2, 0.25) is 0 Å². The minimum atomic E-state index is 0.614. The van der Waals surface area contributed by atoms with Crippen LogP contribution in [-0.2, 0) is 6.42 Å². The SMILES string of the molecule is Cc1cccc(Cc2ccc(C(C)C)cc2)c1. The van der Waals surface area contributed by atoms with Crippen molar-refractivity contribution in [3.63, 3.8) is 0 Å². The fourth-order valence-electron chi connectivity index (χ4n) is 2.08. The summed E-state index contributed by atoms with van der Waals surface area (Å²) in [6.07, 6.45) is 1.03. The molecule has 2 aromatic rings. The molecule has 0 atom stereocenters. The summed E-state index contributed by atoms with van der Waals surface area (Å²) in [4.78, 5) is 0. The van der Waals surface area contributed by atoms with Crippen LogP contribution in [-0.4, -0.2) is 0 Å². The van der Waals surface area contributed by atoms with Gasteiger partial charge in [-0.2, -0.15) is 0 Å². The van der Waals surface area contributed by atoms with Crippen LogP contribution in [0.5, 0.6) is 0 Å². The molecule has 88 valence electrons. The Balaban J connectivity index is 2.14. The first kappa shape index (κ1) is 11.9. The summed E-state index contributed by atoms with van der Waals surface area (Å²) in [5.41, 5.74) is 5.53. The minimum absolute atomic E-state index is 0.614. The van der Waals surface area contributed by atoms with Crippen molar-refractivity contribution in [2.75, 3.05) is 0 Å². The molecule has 0 aromatic heterocycles. The third-order valence-corrected chi connectivity index (χ3v) is 3.14. The van der Waals surface area contributed by atoms with Crippen molar-refractivity contribution in [3.05, 3.63) is 70.8 Å². The van der Waals surface area contributed by atoms with E-state index in [-0.39, 0.29) is 0 Å². The van der Waals surface area contributed by atoms with Gasteiger partial charge in [0.15, 0.2) is 0 Å². The van der Waals surface area contributed by atoms with Crippen LogP contribution in [0, 0.1) is 6.92 Å². The summed E-state index contributed by atoms with van der Waals surface area (Å²) in [5, 5.41) is 0. The fraction of sp³-hybridized carbons (Fsp3) is 0.294. The molecule has 0 radical (unpaired) electrons. The number of benzene rings is 2. The Morgan fingerprint density at radius 1 is 0.882 bits per heavy atom. The van der Waals surface area contributed by atoms with Gasteiger partial charge in [-0.15, -0.1) is 0 Å². The Bertz CT molecular complexity index is 478. The van der Waals surface area contributed by atoms with Crippen molar-refractivity contribution in [2.24, 2.45) is 0 Å². The second-order valence-corrected chi connectivity index (χ2v) is 5.06. The Morgan fingerprint density at radius 3 is 2.18 bits per heavy atom. The first-order valence-electron chi connectivity index (χ1n) is 6.29. The van der Waals surface area contributed by atoms with E-state index in [1.807, 2.05) is 0 Å². The molecule has 0 unspecified atom stereocenters. The van der Waals surface area contributed by atoms with Crippen molar-refractivity contribution in [1.29, 1.82) is 0 Å². The van der Waals surface area contributed by atoms with Crippen molar-refractivity contribution in [1.82, 2.24) is 0 Å². The Kier molecular flexibility index (Phi) is 3.63. The normalized spacial score (nSPS) is 10.8. The van der Waals surface area contributed by atoms with Gasteiger partial charge in [0.05, 0.1) is 0 Å². The number of rotatable bonds is 3. The van der Waals surface area contributed by atoms with Crippen molar-refractivity contribution < 1.29 is 0 Å². The lowest BCUT2D eigenvalue weighted by Gasteiger charge is -2.07. The van der Waals surface area contributed by atoms with E-state index < -0.39 is 0 Å². The molecule has 17 heavy (non-hydrogen) atoms. The predicted octanol–water partition coefficient (Wildman–Crippen LogP) is 4.71. The minimum Gasteiger partial charge on any atom is -0.0617 e. The molecular weight excluding hydrogens is 204 g/mol. The van der Waals surface area contributed by atoms with Gasteiger partial charge in [-0.05, 0) is 36.0 Å². The highest BCUT2D eigenvalue weighted by molar-refractivity contribution is 5.31. The molecule has 0 nitrogen and oxygen atoms in total. The average Bonchev–Trinajstić information content (AvgIpc) is 2.29. The van der Waals surface area contributed by atoms with Gasteiger partial charge in [0, 0.05) is 0 Å².